The fourth-order valence-corrected chi connectivity index (χ4v) is 3.35. The molecule has 0 saturated carbocycles. The summed E-state index contributed by atoms with van der Waals surface area (Å²) in [4.78, 5) is 26.2. The van der Waals surface area contributed by atoms with Crippen molar-refractivity contribution >= 4 is 22.9 Å². The standard InChI is InChI=1S/C21H15NO2S/c22-14-15-8-10-16(11-9-15)18(13-19(23)20-7-4-12-25-20)21(24)17-5-2-1-3-6-17/h1-12,18H,13H2. The maximum absolute atomic E-state index is 13.0. The van der Waals surface area contributed by atoms with E-state index in [1.54, 1.807) is 42.5 Å². The summed E-state index contributed by atoms with van der Waals surface area (Å²) in [5.41, 5.74) is 1.85. The summed E-state index contributed by atoms with van der Waals surface area (Å²) in [5, 5.41) is 10.8. The van der Waals surface area contributed by atoms with Crippen molar-refractivity contribution in [3.63, 3.8) is 0 Å². The Kier molecular flexibility index (Phi) is 5.17. The van der Waals surface area contributed by atoms with Crippen LogP contribution in [0.25, 0.3) is 0 Å². The van der Waals surface area contributed by atoms with Crippen molar-refractivity contribution < 1.29 is 9.59 Å². The third-order valence-corrected chi connectivity index (χ3v) is 4.91. The summed E-state index contributed by atoms with van der Waals surface area (Å²) in [7, 11) is 0. The van der Waals surface area contributed by atoms with Gasteiger partial charge in [-0.3, -0.25) is 9.59 Å². The van der Waals surface area contributed by atoms with Crippen LogP contribution in [-0.4, -0.2) is 11.6 Å². The summed E-state index contributed by atoms with van der Waals surface area (Å²) in [6, 6.07) is 21.5. The van der Waals surface area contributed by atoms with Gasteiger partial charge >= 0.3 is 0 Å². The number of rotatable bonds is 6. The Morgan fingerprint density at radius 3 is 2.28 bits per heavy atom. The molecule has 1 heterocycles. The van der Waals surface area contributed by atoms with Crippen LogP contribution >= 0.6 is 11.3 Å². The van der Waals surface area contributed by atoms with Gasteiger partial charge in [0.25, 0.3) is 0 Å². The van der Waals surface area contributed by atoms with E-state index in [1.807, 2.05) is 29.6 Å². The van der Waals surface area contributed by atoms with Gasteiger partial charge in [-0.15, -0.1) is 11.3 Å². The molecule has 0 aliphatic rings. The molecule has 0 amide bonds. The van der Waals surface area contributed by atoms with E-state index in [0.717, 1.165) is 5.56 Å². The second-order valence-corrected chi connectivity index (χ2v) is 6.57. The van der Waals surface area contributed by atoms with Gasteiger partial charge in [-0.05, 0) is 29.1 Å². The fourth-order valence-electron chi connectivity index (χ4n) is 2.68. The van der Waals surface area contributed by atoms with Crippen LogP contribution in [0.4, 0.5) is 0 Å². The zero-order valence-electron chi connectivity index (χ0n) is 13.4. The van der Waals surface area contributed by atoms with Gasteiger partial charge in [-0.25, -0.2) is 0 Å². The fraction of sp³-hybridized carbons (Fsp3) is 0.0952. The lowest BCUT2D eigenvalue weighted by atomic mass is 9.86. The lowest BCUT2D eigenvalue weighted by molar-refractivity contribution is 0.0895. The zero-order valence-corrected chi connectivity index (χ0v) is 14.2. The molecule has 0 radical (unpaired) electrons. The van der Waals surface area contributed by atoms with Gasteiger partial charge in [0.1, 0.15) is 0 Å². The molecule has 1 aromatic heterocycles. The van der Waals surface area contributed by atoms with E-state index in [2.05, 4.69) is 6.07 Å². The molecule has 3 nitrogen and oxygen atoms in total. The molecule has 0 fully saturated rings. The van der Waals surface area contributed by atoms with Crippen LogP contribution in [0.2, 0.25) is 0 Å². The summed E-state index contributed by atoms with van der Waals surface area (Å²) >= 11 is 1.38. The van der Waals surface area contributed by atoms with Crippen molar-refractivity contribution in [1.29, 1.82) is 5.26 Å². The molecule has 3 aromatic rings. The maximum Gasteiger partial charge on any atom is 0.173 e. The van der Waals surface area contributed by atoms with E-state index in [-0.39, 0.29) is 18.0 Å². The number of Topliss-reactive ketones (excluding diaryl/α,β-unsaturated/α-hetero) is 2. The number of hydrogen-bond donors (Lipinski definition) is 0. The van der Waals surface area contributed by atoms with Gasteiger partial charge in [0.05, 0.1) is 22.4 Å². The average molecular weight is 345 g/mol. The molecule has 1 unspecified atom stereocenters. The first-order valence-electron chi connectivity index (χ1n) is 7.85. The molecule has 0 aliphatic carbocycles. The summed E-state index contributed by atoms with van der Waals surface area (Å²) in [6.45, 7) is 0. The number of carbonyl (C=O) groups excluding carboxylic acids is 2. The van der Waals surface area contributed by atoms with E-state index < -0.39 is 5.92 Å². The van der Waals surface area contributed by atoms with Crippen LogP contribution in [0.5, 0.6) is 0 Å². The predicted molar refractivity (Wildman–Crippen MR) is 97.9 cm³/mol. The van der Waals surface area contributed by atoms with Gasteiger partial charge in [-0.2, -0.15) is 5.26 Å². The smallest absolute Gasteiger partial charge is 0.173 e. The molecule has 2 aromatic carbocycles. The Morgan fingerprint density at radius 2 is 1.68 bits per heavy atom. The Bertz CT molecular complexity index is 907. The van der Waals surface area contributed by atoms with E-state index in [9.17, 15) is 9.59 Å². The van der Waals surface area contributed by atoms with Gasteiger partial charge in [0.15, 0.2) is 11.6 Å². The molecule has 4 heteroatoms. The van der Waals surface area contributed by atoms with E-state index in [0.29, 0.717) is 16.0 Å². The first kappa shape index (κ1) is 16.8. The molecular weight excluding hydrogens is 330 g/mol. The molecule has 122 valence electrons. The van der Waals surface area contributed by atoms with E-state index in [1.165, 1.54) is 11.3 Å². The largest absolute Gasteiger partial charge is 0.293 e. The first-order chi connectivity index (χ1) is 12.2. The van der Waals surface area contributed by atoms with Crippen LogP contribution in [0.15, 0.2) is 72.1 Å². The van der Waals surface area contributed by atoms with Gasteiger partial charge in [0, 0.05) is 12.0 Å². The zero-order chi connectivity index (χ0) is 17.6. The molecule has 0 bridgehead atoms. The SMILES string of the molecule is N#Cc1ccc(C(CC(=O)c2cccs2)C(=O)c2ccccc2)cc1. The van der Waals surface area contributed by atoms with Crippen molar-refractivity contribution in [2.24, 2.45) is 0 Å². The van der Waals surface area contributed by atoms with Crippen molar-refractivity contribution in [1.82, 2.24) is 0 Å². The minimum absolute atomic E-state index is 0.0476. The second-order valence-electron chi connectivity index (χ2n) is 5.62. The maximum atomic E-state index is 13.0. The highest BCUT2D eigenvalue weighted by atomic mass is 32.1. The molecular formula is C21H15NO2S. The van der Waals surface area contributed by atoms with Crippen molar-refractivity contribution in [3.8, 4) is 6.07 Å². The molecule has 0 aliphatic heterocycles. The van der Waals surface area contributed by atoms with Crippen LogP contribution in [0.1, 0.15) is 43.5 Å². The first-order valence-corrected chi connectivity index (χ1v) is 8.73. The molecule has 1 atom stereocenters. The third-order valence-electron chi connectivity index (χ3n) is 4.00. The highest BCUT2D eigenvalue weighted by molar-refractivity contribution is 7.12. The Morgan fingerprint density at radius 1 is 0.960 bits per heavy atom. The average Bonchev–Trinajstić information content (AvgIpc) is 3.21. The summed E-state index contributed by atoms with van der Waals surface area (Å²) in [5.74, 6) is -0.700. The quantitative estimate of drug-likeness (QED) is 0.600. The van der Waals surface area contributed by atoms with Crippen LogP contribution in [0.3, 0.4) is 0 Å². The number of nitriles is 1. The Balaban J connectivity index is 1.94. The Hall–Kier alpha value is -3.03. The monoisotopic (exact) mass is 345 g/mol. The van der Waals surface area contributed by atoms with E-state index in [4.69, 9.17) is 5.26 Å². The number of nitrogens with zero attached hydrogens (tertiary/aromatic N) is 1. The van der Waals surface area contributed by atoms with E-state index >= 15 is 0 Å². The third kappa shape index (κ3) is 3.90. The Labute approximate surface area is 150 Å². The summed E-state index contributed by atoms with van der Waals surface area (Å²) in [6.07, 6.45) is 0.111. The highest BCUT2D eigenvalue weighted by Crippen LogP contribution is 2.27. The molecule has 3 rings (SSSR count). The van der Waals surface area contributed by atoms with Gasteiger partial charge < -0.3 is 0 Å². The summed E-state index contributed by atoms with van der Waals surface area (Å²) < 4.78 is 0. The minimum Gasteiger partial charge on any atom is -0.293 e. The lowest BCUT2D eigenvalue weighted by Gasteiger charge is -2.16. The molecule has 0 N–H and O–H groups in total. The number of ketones is 2. The number of benzene rings is 2. The number of hydrogen-bond acceptors (Lipinski definition) is 4. The van der Waals surface area contributed by atoms with Crippen LogP contribution in [0, 0.1) is 11.3 Å². The normalized spacial score (nSPS) is 11.5. The second kappa shape index (κ2) is 7.69. The number of carbonyl (C=O) groups is 2. The predicted octanol–water partition coefficient (Wildman–Crippen LogP) is 4.86. The lowest BCUT2D eigenvalue weighted by Crippen LogP contribution is -2.17. The molecule has 0 spiro atoms. The van der Waals surface area contributed by atoms with Gasteiger partial charge in [0.2, 0.25) is 0 Å². The van der Waals surface area contributed by atoms with Crippen molar-refractivity contribution in [3.05, 3.63) is 93.7 Å². The molecule has 0 saturated heterocycles. The van der Waals surface area contributed by atoms with Crippen molar-refractivity contribution in [2.45, 2.75) is 12.3 Å². The highest BCUT2D eigenvalue weighted by Gasteiger charge is 2.25. The van der Waals surface area contributed by atoms with Crippen molar-refractivity contribution in [2.75, 3.05) is 0 Å². The minimum atomic E-state index is -0.565. The molecule has 25 heavy (non-hydrogen) atoms. The van der Waals surface area contributed by atoms with Gasteiger partial charge in [-0.1, -0.05) is 48.5 Å². The van der Waals surface area contributed by atoms with Crippen LogP contribution < -0.4 is 0 Å². The number of thiophene rings is 1. The van der Waals surface area contributed by atoms with Crippen LogP contribution in [-0.2, 0) is 0 Å². The topological polar surface area (TPSA) is 57.9 Å².